The number of benzene rings is 1. The number of halogens is 4. The van der Waals surface area contributed by atoms with Gasteiger partial charge in [-0.2, -0.15) is 13.2 Å². The van der Waals surface area contributed by atoms with Crippen molar-refractivity contribution in [3.63, 3.8) is 0 Å². The maximum atomic E-state index is 13.0. The molecule has 0 N–H and O–H groups in total. The van der Waals surface area contributed by atoms with Gasteiger partial charge in [0.05, 0.1) is 5.56 Å². The summed E-state index contributed by atoms with van der Waals surface area (Å²) in [5, 5.41) is 0. The summed E-state index contributed by atoms with van der Waals surface area (Å²) in [6.07, 6.45) is -0.959. The van der Waals surface area contributed by atoms with Gasteiger partial charge in [0, 0.05) is 35.8 Å². The predicted molar refractivity (Wildman–Crippen MR) is 80.6 cm³/mol. The van der Waals surface area contributed by atoms with Crippen molar-refractivity contribution in [1.29, 1.82) is 0 Å². The molecular weight excluding hydrogens is 345 g/mol. The monoisotopic (exact) mass is 362 g/mol. The first-order valence-electron chi connectivity index (χ1n) is 7.31. The molecule has 0 aliphatic carbocycles. The molecular formula is C15H18BrF3N2. The Kier molecular flexibility index (Phi) is 4.19. The fourth-order valence-electron chi connectivity index (χ4n) is 3.37. The summed E-state index contributed by atoms with van der Waals surface area (Å²) >= 11 is 3.00. The van der Waals surface area contributed by atoms with Crippen LogP contribution in [0.1, 0.15) is 24.8 Å². The largest absolute Gasteiger partial charge is 0.417 e. The Labute approximate surface area is 131 Å². The van der Waals surface area contributed by atoms with Crippen molar-refractivity contribution < 1.29 is 13.2 Å². The third-order valence-electron chi connectivity index (χ3n) is 4.42. The molecule has 1 atom stereocenters. The van der Waals surface area contributed by atoms with Crippen LogP contribution in [0, 0.1) is 0 Å². The molecule has 116 valence electrons. The number of alkyl halides is 3. The van der Waals surface area contributed by atoms with Crippen LogP contribution < -0.4 is 4.90 Å². The quantitative estimate of drug-likeness (QED) is 0.740. The maximum absolute atomic E-state index is 13.0. The minimum atomic E-state index is -4.32. The smallest absolute Gasteiger partial charge is 0.370 e. The van der Waals surface area contributed by atoms with Crippen molar-refractivity contribution in [2.45, 2.75) is 31.5 Å². The van der Waals surface area contributed by atoms with E-state index >= 15 is 0 Å². The fraction of sp³-hybridized carbons (Fsp3) is 0.600. The van der Waals surface area contributed by atoms with Crippen LogP contribution >= 0.6 is 15.9 Å². The Bertz CT molecular complexity index is 518. The molecule has 0 aromatic heterocycles. The van der Waals surface area contributed by atoms with Crippen molar-refractivity contribution in [3.8, 4) is 0 Å². The van der Waals surface area contributed by atoms with E-state index in [0.29, 0.717) is 11.7 Å². The topological polar surface area (TPSA) is 6.48 Å². The molecule has 0 saturated carbocycles. The Hall–Kier alpha value is -0.750. The molecule has 6 heteroatoms. The van der Waals surface area contributed by atoms with Gasteiger partial charge in [-0.15, -0.1) is 0 Å². The van der Waals surface area contributed by atoms with E-state index in [9.17, 15) is 13.2 Å². The van der Waals surface area contributed by atoms with E-state index in [-0.39, 0.29) is 4.47 Å². The zero-order chi connectivity index (χ0) is 15.0. The molecule has 1 aromatic carbocycles. The SMILES string of the molecule is FC(F)(F)c1cc(N2CCCN3CCCC3C2)ccc1Br. The normalized spacial score (nSPS) is 24.0. The second-order valence-electron chi connectivity index (χ2n) is 5.79. The van der Waals surface area contributed by atoms with Gasteiger partial charge in [-0.25, -0.2) is 0 Å². The van der Waals surface area contributed by atoms with Gasteiger partial charge in [0.25, 0.3) is 0 Å². The minimum absolute atomic E-state index is 0.107. The van der Waals surface area contributed by atoms with Crippen LogP contribution in [-0.4, -0.2) is 37.1 Å². The molecule has 2 heterocycles. The Morgan fingerprint density at radius 1 is 1.10 bits per heavy atom. The third-order valence-corrected chi connectivity index (χ3v) is 5.12. The summed E-state index contributed by atoms with van der Waals surface area (Å²) in [6, 6.07) is 5.05. The highest BCUT2D eigenvalue weighted by molar-refractivity contribution is 9.10. The molecule has 2 fully saturated rings. The number of rotatable bonds is 1. The molecule has 1 aromatic rings. The number of anilines is 1. The second kappa shape index (κ2) is 5.80. The zero-order valence-corrected chi connectivity index (χ0v) is 13.3. The highest BCUT2D eigenvalue weighted by Crippen LogP contribution is 2.37. The van der Waals surface area contributed by atoms with Crippen molar-refractivity contribution in [2.24, 2.45) is 0 Å². The second-order valence-corrected chi connectivity index (χ2v) is 6.65. The van der Waals surface area contributed by atoms with E-state index < -0.39 is 11.7 Å². The number of hydrogen-bond acceptors (Lipinski definition) is 2. The Balaban J connectivity index is 1.86. The lowest BCUT2D eigenvalue weighted by Gasteiger charge is -2.28. The summed E-state index contributed by atoms with van der Waals surface area (Å²) in [6.45, 7) is 3.85. The summed E-state index contributed by atoms with van der Waals surface area (Å²) in [7, 11) is 0. The van der Waals surface area contributed by atoms with Gasteiger partial charge in [0.15, 0.2) is 0 Å². The van der Waals surface area contributed by atoms with Gasteiger partial charge >= 0.3 is 6.18 Å². The van der Waals surface area contributed by atoms with Gasteiger partial charge in [-0.05, 0) is 44.0 Å². The summed E-state index contributed by atoms with van der Waals surface area (Å²) < 4.78 is 39.2. The standard InChI is InChI=1S/C15H18BrF3N2/c16-14-5-4-11(9-13(14)15(17,18)19)21-8-2-7-20-6-1-3-12(20)10-21/h4-5,9,12H,1-3,6-8,10H2. The van der Waals surface area contributed by atoms with Gasteiger partial charge in [-0.3, -0.25) is 4.90 Å². The lowest BCUT2D eigenvalue weighted by molar-refractivity contribution is -0.138. The lowest BCUT2D eigenvalue weighted by Crippen LogP contribution is -2.36. The molecule has 21 heavy (non-hydrogen) atoms. The van der Waals surface area contributed by atoms with Crippen molar-refractivity contribution in [1.82, 2.24) is 4.90 Å². The predicted octanol–water partition coefficient (Wildman–Crippen LogP) is 4.14. The maximum Gasteiger partial charge on any atom is 0.417 e. The first-order chi connectivity index (χ1) is 9.95. The molecule has 2 aliphatic rings. The summed E-state index contributed by atoms with van der Waals surface area (Å²) in [5.74, 6) is 0. The number of fused-ring (bicyclic) bond motifs is 1. The van der Waals surface area contributed by atoms with Crippen LogP contribution in [-0.2, 0) is 6.18 Å². The lowest BCUT2D eigenvalue weighted by atomic mass is 10.1. The van der Waals surface area contributed by atoms with Crippen molar-refractivity contribution in [3.05, 3.63) is 28.2 Å². The Morgan fingerprint density at radius 2 is 1.86 bits per heavy atom. The molecule has 0 spiro atoms. The number of nitrogens with zero attached hydrogens (tertiary/aromatic N) is 2. The van der Waals surface area contributed by atoms with E-state index in [4.69, 9.17) is 0 Å². The summed E-state index contributed by atoms with van der Waals surface area (Å²) in [4.78, 5) is 4.58. The van der Waals surface area contributed by atoms with Crippen LogP contribution in [0.4, 0.5) is 18.9 Å². The van der Waals surface area contributed by atoms with Crippen molar-refractivity contribution >= 4 is 21.6 Å². The van der Waals surface area contributed by atoms with E-state index in [1.54, 1.807) is 6.07 Å². The average molecular weight is 363 g/mol. The van der Waals surface area contributed by atoms with E-state index in [1.165, 1.54) is 18.6 Å². The number of hydrogen-bond donors (Lipinski definition) is 0. The van der Waals surface area contributed by atoms with Gasteiger partial charge in [0.1, 0.15) is 0 Å². The van der Waals surface area contributed by atoms with Gasteiger partial charge in [0.2, 0.25) is 0 Å². The molecule has 2 saturated heterocycles. The van der Waals surface area contributed by atoms with Crippen LogP contribution in [0.15, 0.2) is 22.7 Å². The Morgan fingerprint density at radius 3 is 2.62 bits per heavy atom. The first-order valence-corrected chi connectivity index (χ1v) is 8.10. The fourth-order valence-corrected chi connectivity index (χ4v) is 3.84. The highest BCUT2D eigenvalue weighted by Gasteiger charge is 2.34. The molecule has 0 radical (unpaired) electrons. The van der Waals surface area contributed by atoms with Gasteiger partial charge in [-0.1, -0.05) is 15.9 Å². The third kappa shape index (κ3) is 3.21. The molecule has 0 bridgehead atoms. The zero-order valence-electron chi connectivity index (χ0n) is 11.7. The minimum Gasteiger partial charge on any atom is -0.370 e. The van der Waals surface area contributed by atoms with E-state index in [0.717, 1.165) is 39.0 Å². The van der Waals surface area contributed by atoms with Crippen LogP contribution in [0.25, 0.3) is 0 Å². The van der Waals surface area contributed by atoms with E-state index in [1.807, 2.05) is 0 Å². The van der Waals surface area contributed by atoms with Crippen LogP contribution in [0.3, 0.4) is 0 Å². The summed E-state index contributed by atoms with van der Waals surface area (Å²) in [5.41, 5.74) is 0.0896. The average Bonchev–Trinajstić information content (AvgIpc) is 2.75. The van der Waals surface area contributed by atoms with Gasteiger partial charge < -0.3 is 4.90 Å². The molecule has 2 nitrogen and oxygen atoms in total. The van der Waals surface area contributed by atoms with Crippen LogP contribution in [0.5, 0.6) is 0 Å². The van der Waals surface area contributed by atoms with E-state index in [2.05, 4.69) is 25.7 Å². The van der Waals surface area contributed by atoms with Crippen molar-refractivity contribution in [2.75, 3.05) is 31.1 Å². The first kappa shape index (κ1) is 15.2. The van der Waals surface area contributed by atoms with Crippen LogP contribution in [0.2, 0.25) is 0 Å². The highest BCUT2D eigenvalue weighted by atomic mass is 79.9. The molecule has 3 rings (SSSR count). The molecule has 2 aliphatic heterocycles. The molecule has 1 unspecified atom stereocenters. The molecule has 0 amide bonds.